The third kappa shape index (κ3) is 18.5. The van der Waals surface area contributed by atoms with Crippen LogP contribution < -0.4 is 0 Å². The Labute approximate surface area is 289 Å². The number of esters is 3. The van der Waals surface area contributed by atoms with Gasteiger partial charge in [0.25, 0.3) is 0 Å². The molecule has 22 heteroatoms. The van der Waals surface area contributed by atoms with Crippen LogP contribution in [-0.4, -0.2) is 113 Å². The van der Waals surface area contributed by atoms with E-state index >= 15 is 0 Å². The van der Waals surface area contributed by atoms with Gasteiger partial charge in [-0.15, -0.1) is 0 Å². The summed E-state index contributed by atoms with van der Waals surface area (Å²) < 4.78 is 66.5. The second kappa shape index (κ2) is 21.7. The molecule has 6 atom stereocenters. The number of rotatable bonds is 21. The molecule has 1 fully saturated rings. The molecule has 1 saturated carbocycles. The van der Waals surface area contributed by atoms with E-state index in [0.29, 0.717) is 44.9 Å². The van der Waals surface area contributed by atoms with Crippen molar-refractivity contribution in [2.75, 3.05) is 0 Å². The molecule has 2 unspecified atom stereocenters. The van der Waals surface area contributed by atoms with Crippen LogP contribution in [0.3, 0.4) is 0 Å². The van der Waals surface area contributed by atoms with Crippen molar-refractivity contribution < 1.29 is 85.2 Å². The zero-order chi connectivity index (χ0) is 34.4. The van der Waals surface area contributed by atoms with E-state index < -0.39 is 78.0 Å². The summed E-state index contributed by atoms with van der Waals surface area (Å²) in [5.41, 5.74) is 0. The molecule has 0 spiro atoms. The first kappa shape index (κ1) is 45.7. The molecule has 1 aliphatic rings. The molecule has 18 nitrogen and oxygen atoms in total. The third-order valence-corrected chi connectivity index (χ3v) is 8.03. The van der Waals surface area contributed by atoms with Gasteiger partial charge in [0.1, 0.15) is 18.3 Å². The van der Waals surface area contributed by atoms with E-state index in [1.165, 1.54) is 0 Å². The van der Waals surface area contributed by atoms with Crippen molar-refractivity contribution in [2.24, 2.45) is 0 Å². The second-order valence-corrected chi connectivity index (χ2v) is 14.0. The summed E-state index contributed by atoms with van der Waals surface area (Å²) in [5, 5.41) is 0. The number of hydrogen-bond acceptors (Lipinski definition) is 12. The van der Waals surface area contributed by atoms with Crippen LogP contribution in [0.5, 0.6) is 0 Å². The van der Waals surface area contributed by atoms with Crippen LogP contribution >= 0.6 is 23.5 Å². The van der Waals surface area contributed by atoms with Crippen LogP contribution in [0, 0.1) is 0 Å². The maximum atomic E-state index is 12.9. The van der Waals surface area contributed by atoms with Crippen molar-refractivity contribution >= 4 is 70.9 Å². The van der Waals surface area contributed by atoms with Gasteiger partial charge in [0.2, 0.25) is 0 Å². The zero-order valence-corrected chi connectivity index (χ0v) is 31.1. The molecule has 0 aliphatic heterocycles. The molecule has 0 heterocycles. The summed E-state index contributed by atoms with van der Waals surface area (Å²) in [5.74, 6) is -3.05. The summed E-state index contributed by atoms with van der Waals surface area (Å²) in [4.78, 5) is 96.7. The Morgan fingerprint density at radius 2 is 0.674 bits per heavy atom. The van der Waals surface area contributed by atoms with E-state index in [1.54, 1.807) is 0 Å². The molecule has 0 bridgehead atoms. The number of carbonyl (C=O) groups is 3. The van der Waals surface area contributed by atoms with E-state index in [2.05, 4.69) is 4.52 Å². The summed E-state index contributed by atoms with van der Waals surface area (Å²) in [6, 6.07) is 0. The normalized spacial score (nSPS) is 23.7. The molecule has 0 aromatic carbocycles. The van der Waals surface area contributed by atoms with Crippen LogP contribution in [0.15, 0.2) is 0 Å². The standard InChI is InChI=1S/C24H45O18P3.Na/c1-4-7-10-13-16(25)37-19-20(38-17(26)14-11-8-5-2)22(40-43(28,29)30)24(42-45(34,35)36)23(41-44(31,32)33)21(19)39-18(27)15-12-9-6-3;/h19-24H,4-15H2,1-3H3,(H2,28,29,30)(H2,31,32,33)(H2,34,35,36);/t19?,20-,21+,22-,23-,24?;/m1./s1. The third-order valence-electron chi connectivity index (χ3n) is 6.48. The van der Waals surface area contributed by atoms with E-state index in [9.17, 15) is 57.4 Å². The van der Waals surface area contributed by atoms with Crippen molar-refractivity contribution in [1.29, 1.82) is 0 Å². The minimum absolute atomic E-state index is 0. The predicted octanol–water partition coefficient (Wildman–Crippen LogP) is 2.53. The molecule has 0 aromatic rings. The molecule has 0 aromatic heterocycles. The average Bonchev–Trinajstić information content (AvgIpc) is 2.88. The van der Waals surface area contributed by atoms with Crippen molar-refractivity contribution in [3.63, 3.8) is 0 Å². The number of unbranched alkanes of at least 4 members (excludes halogenated alkanes) is 6. The van der Waals surface area contributed by atoms with Gasteiger partial charge in [-0.2, -0.15) is 0 Å². The monoisotopic (exact) mass is 737 g/mol. The maximum absolute atomic E-state index is 12.9. The van der Waals surface area contributed by atoms with E-state index in [0.717, 1.165) is 0 Å². The van der Waals surface area contributed by atoms with Gasteiger partial charge in [0.15, 0.2) is 18.3 Å². The Morgan fingerprint density at radius 3 is 0.891 bits per heavy atom. The minimum Gasteiger partial charge on any atom is -0.455 e. The van der Waals surface area contributed by atoms with Crippen molar-refractivity contribution in [3.8, 4) is 0 Å². The fraction of sp³-hybridized carbons (Fsp3) is 0.875. The summed E-state index contributed by atoms with van der Waals surface area (Å²) >= 11 is 0. The van der Waals surface area contributed by atoms with Crippen LogP contribution in [0.2, 0.25) is 0 Å². The van der Waals surface area contributed by atoms with E-state index in [1.807, 2.05) is 20.8 Å². The van der Waals surface area contributed by atoms with Gasteiger partial charge in [-0.25, -0.2) is 13.7 Å². The van der Waals surface area contributed by atoms with Gasteiger partial charge in [-0.05, 0) is 19.3 Å². The quantitative estimate of drug-likeness (QED) is 0.0324. The van der Waals surface area contributed by atoms with Crippen LogP contribution in [0.4, 0.5) is 0 Å². The minimum atomic E-state index is -5.73. The molecular formula is C24H45NaO18P3. The number of hydrogen-bond donors (Lipinski definition) is 6. The fourth-order valence-electron chi connectivity index (χ4n) is 4.55. The smallest absolute Gasteiger partial charge is 0.455 e. The van der Waals surface area contributed by atoms with Gasteiger partial charge in [0, 0.05) is 48.8 Å². The molecule has 46 heavy (non-hydrogen) atoms. The van der Waals surface area contributed by atoms with Crippen molar-refractivity contribution in [2.45, 2.75) is 134 Å². The molecule has 265 valence electrons. The number of phosphoric ester groups is 3. The van der Waals surface area contributed by atoms with Gasteiger partial charge >= 0.3 is 41.4 Å². The summed E-state index contributed by atoms with van der Waals surface area (Å²) in [6.45, 7) is 5.54. The molecule has 0 saturated heterocycles. The van der Waals surface area contributed by atoms with Gasteiger partial charge < -0.3 is 43.6 Å². The number of carbonyl (C=O) groups excluding carboxylic acids is 3. The first-order valence-electron chi connectivity index (χ1n) is 14.6. The maximum Gasteiger partial charge on any atom is 0.470 e. The Kier molecular flexibility index (Phi) is 21.6. The summed E-state index contributed by atoms with van der Waals surface area (Å²) in [7, 11) is -17.1. The second-order valence-electron chi connectivity index (χ2n) is 10.4. The van der Waals surface area contributed by atoms with Gasteiger partial charge in [-0.1, -0.05) is 59.3 Å². The van der Waals surface area contributed by atoms with Gasteiger partial charge in [0.05, 0.1) is 0 Å². The van der Waals surface area contributed by atoms with E-state index in [4.69, 9.17) is 23.3 Å². The van der Waals surface area contributed by atoms with Crippen LogP contribution in [0.1, 0.15) is 97.8 Å². The molecule has 1 aliphatic carbocycles. The number of ether oxygens (including phenoxy) is 3. The Balaban J connectivity index is 0.0000202. The van der Waals surface area contributed by atoms with Crippen LogP contribution in [-0.2, 0) is 55.9 Å². The van der Waals surface area contributed by atoms with Crippen molar-refractivity contribution in [3.05, 3.63) is 0 Å². The largest absolute Gasteiger partial charge is 0.470 e. The molecule has 0 amide bonds. The molecule has 6 N–H and O–H groups in total. The summed E-state index contributed by atoms with van der Waals surface area (Å²) in [6.07, 6.45) is -10.1. The average molecular weight is 738 g/mol. The Bertz CT molecular complexity index is 1030. The van der Waals surface area contributed by atoms with Crippen molar-refractivity contribution in [1.82, 2.24) is 0 Å². The Morgan fingerprint density at radius 1 is 0.457 bits per heavy atom. The topological polar surface area (TPSA) is 279 Å². The molecular weight excluding hydrogens is 692 g/mol. The Hall–Kier alpha value is -0.260. The van der Waals surface area contributed by atoms with Crippen LogP contribution in [0.25, 0.3) is 0 Å². The first-order chi connectivity index (χ1) is 20.8. The van der Waals surface area contributed by atoms with Gasteiger partial charge in [-0.3, -0.25) is 28.0 Å². The number of phosphoric acid groups is 3. The SMILES string of the molecule is CCCCCC(=O)OC1[C@@H](OC(=O)CCCCC)[C@@H](OP(=O)(O)O)C(OP(=O)(O)O)[C@H](OP(=O)(O)O)[C@H]1OC(=O)CCCCC.[Na]. The van der Waals surface area contributed by atoms with E-state index in [-0.39, 0.29) is 61.7 Å². The first-order valence-corrected chi connectivity index (χ1v) is 19.2. The predicted molar refractivity (Wildman–Crippen MR) is 159 cm³/mol. The molecule has 1 radical (unpaired) electrons. The zero-order valence-electron chi connectivity index (χ0n) is 26.4. The fourth-order valence-corrected chi connectivity index (χ4v) is 6.22. The molecule has 1 rings (SSSR count).